The molecule has 1 amide bonds. The number of carboxylic acids is 1. The Morgan fingerprint density at radius 3 is 2.63 bits per heavy atom. The molecule has 1 aliphatic heterocycles. The van der Waals surface area contributed by atoms with Gasteiger partial charge in [-0.25, -0.2) is 0 Å². The van der Waals surface area contributed by atoms with Crippen molar-refractivity contribution >= 4 is 33.6 Å². The number of hydrogen-bond donors (Lipinski definition) is 2. The van der Waals surface area contributed by atoms with E-state index < -0.39 is 11.4 Å². The highest BCUT2D eigenvalue weighted by atomic mass is 16.5. The predicted octanol–water partition coefficient (Wildman–Crippen LogP) is 3.00. The second kappa shape index (κ2) is 6.96. The van der Waals surface area contributed by atoms with E-state index in [1.165, 1.54) is 0 Å². The molecule has 0 atom stereocenters. The molecule has 2 heterocycles. The van der Waals surface area contributed by atoms with Gasteiger partial charge in [0.1, 0.15) is 0 Å². The minimum atomic E-state index is -0.978. The SMILES string of the molecule is O=C(NCC1(C(=O)O)CCOCC1)c1cc2ccccc2c2cccnc12. The number of carbonyl (C=O) groups excluding carboxylic acids is 1. The van der Waals surface area contributed by atoms with Crippen LogP contribution in [0.25, 0.3) is 21.7 Å². The molecule has 0 saturated carbocycles. The van der Waals surface area contributed by atoms with Gasteiger partial charge in [-0.15, -0.1) is 0 Å². The van der Waals surface area contributed by atoms with E-state index in [-0.39, 0.29) is 12.5 Å². The Hall–Kier alpha value is -2.99. The molecule has 0 aliphatic carbocycles. The Bertz CT molecular complexity index is 1030. The lowest BCUT2D eigenvalue weighted by molar-refractivity contribution is -0.154. The van der Waals surface area contributed by atoms with Crippen molar-refractivity contribution in [3.63, 3.8) is 0 Å². The molecule has 1 aliphatic rings. The Kier molecular flexibility index (Phi) is 4.49. The van der Waals surface area contributed by atoms with E-state index in [4.69, 9.17) is 4.74 Å². The van der Waals surface area contributed by atoms with Gasteiger partial charge in [0.05, 0.1) is 16.5 Å². The lowest BCUT2D eigenvalue weighted by Crippen LogP contribution is -2.46. The molecule has 1 aromatic heterocycles. The maximum atomic E-state index is 12.9. The summed E-state index contributed by atoms with van der Waals surface area (Å²) in [5, 5.41) is 15.4. The molecule has 4 rings (SSSR count). The number of pyridine rings is 1. The molecule has 6 nitrogen and oxygen atoms in total. The number of amides is 1. The molecular weight excluding hydrogens is 344 g/mol. The van der Waals surface area contributed by atoms with Crippen LogP contribution in [0, 0.1) is 5.41 Å². The third kappa shape index (κ3) is 3.13. The molecular formula is C21H20N2O4. The molecule has 0 unspecified atom stereocenters. The Morgan fingerprint density at radius 1 is 1.11 bits per heavy atom. The van der Waals surface area contributed by atoms with Crippen LogP contribution in [0.5, 0.6) is 0 Å². The van der Waals surface area contributed by atoms with Crippen LogP contribution < -0.4 is 5.32 Å². The number of nitrogens with zero attached hydrogens (tertiary/aromatic N) is 1. The number of nitrogens with one attached hydrogen (secondary N) is 1. The lowest BCUT2D eigenvalue weighted by Gasteiger charge is -2.33. The van der Waals surface area contributed by atoms with Gasteiger partial charge in [0.25, 0.3) is 5.91 Å². The molecule has 0 bridgehead atoms. The summed E-state index contributed by atoms with van der Waals surface area (Å²) in [7, 11) is 0. The third-order valence-corrected chi connectivity index (χ3v) is 5.35. The van der Waals surface area contributed by atoms with Crippen molar-refractivity contribution < 1.29 is 19.4 Å². The maximum absolute atomic E-state index is 12.9. The summed E-state index contributed by atoms with van der Waals surface area (Å²) in [6.07, 6.45) is 2.43. The Balaban J connectivity index is 1.69. The van der Waals surface area contributed by atoms with Crippen molar-refractivity contribution in [3.05, 3.63) is 54.2 Å². The zero-order valence-electron chi connectivity index (χ0n) is 14.8. The Morgan fingerprint density at radius 2 is 1.85 bits per heavy atom. The van der Waals surface area contributed by atoms with Crippen LogP contribution in [0.2, 0.25) is 0 Å². The van der Waals surface area contributed by atoms with Gasteiger partial charge in [-0.3, -0.25) is 14.6 Å². The summed E-state index contributed by atoms with van der Waals surface area (Å²) in [6.45, 7) is 0.858. The number of aromatic nitrogens is 1. The highest BCUT2D eigenvalue weighted by Crippen LogP contribution is 2.31. The van der Waals surface area contributed by atoms with Crippen molar-refractivity contribution in [3.8, 4) is 0 Å². The van der Waals surface area contributed by atoms with Crippen LogP contribution in [-0.4, -0.2) is 41.7 Å². The van der Waals surface area contributed by atoms with E-state index in [1.807, 2.05) is 42.5 Å². The third-order valence-electron chi connectivity index (χ3n) is 5.35. The highest BCUT2D eigenvalue weighted by molar-refractivity contribution is 6.15. The molecule has 6 heteroatoms. The average molecular weight is 364 g/mol. The van der Waals surface area contributed by atoms with Gasteiger partial charge in [0, 0.05) is 31.3 Å². The van der Waals surface area contributed by atoms with E-state index in [1.54, 1.807) is 6.20 Å². The monoisotopic (exact) mass is 364 g/mol. The molecule has 1 saturated heterocycles. The zero-order chi connectivity index (χ0) is 18.9. The van der Waals surface area contributed by atoms with Crippen LogP contribution >= 0.6 is 0 Å². The standard InChI is InChI=1S/C21H20N2O4/c24-19(23-13-21(20(25)26)7-10-27-11-8-21)17-12-14-4-1-2-5-15(14)16-6-3-9-22-18(16)17/h1-6,9,12H,7-8,10-11,13H2,(H,23,24)(H,25,26). The van der Waals surface area contributed by atoms with Crippen LogP contribution in [0.15, 0.2) is 48.7 Å². The molecule has 3 aromatic rings. The van der Waals surface area contributed by atoms with Crippen LogP contribution in [-0.2, 0) is 9.53 Å². The van der Waals surface area contributed by atoms with Gasteiger partial charge in [-0.1, -0.05) is 30.3 Å². The fourth-order valence-corrected chi connectivity index (χ4v) is 3.68. The van der Waals surface area contributed by atoms with Gasteiger partial charge in [-0.05, 0) is 35.7 Å². The molecule has 138 valence electrons. The minimum Gasteiger partial charge on any atom is -0.481 e. The second-order valence-electron chi connectivity index (χ2n) is 6.93. The van der Waals surface area contributed by atoms with Gasteiger partial charge >= 0.3 is 5.97 Å². The first-order valence-electron chi connectivity index (χ1n) is 8.97. The number of carboxylic acid groups (broad SMARTS) is 1. The normalized spacial score (nSPS) is 16.3. The summed E-state index contributed by atoms with van der Waals surface area (Å²) in [6, 6.07) is 13.4. The predicted molar refractivity (Wildman–Crippen MR) is 102 cm³/mol. The summed E-state index contributed by atoms with van der Waals surface area (Å²) < 4.78 is 5.29. The number of ether oxygens (including phenoxy) is 1. The lowest BCUT2D eigenvalue weighted by atomic mass is 9.80. The molecule has 0 spiro atoms. The number of rotatable bonds is 4. The van der Waals surface area contributed by atoms with E-state index in [9.17, 15) is 14.7 Å². The van der Waals surface area contributed by atoms with Crippen LogP contribution in [0.1, 0.15) is 23.2 Å². The van der Waals surface area contributed by atoms with Crippen molar-refractivity contribution in [1.82, 2.24) is 10.3 Å². The minimum absolute atomic E-state index is 0.0751. The van der Waals surface area contributed by atoms with E-state index in [0.29, 0.717) is 37.1 Å². The van der Waals surface area contributed by atoms with E-state index in [0.717, 1.165) is 16.2 Å². The fraction of sp³-hybridized carbons (Fsp3) is 0.286. The average Bonchev–Trinajstić information content (AvgIpc) is 2.72. The first-order valence-corrected chi connectivity index (χ1v) is 8.97. The summed E-state index contributed by atoms with van der Waals surface area (Å²) in [5.41, 5.74) is 0.0931. The first kappa shape index (κ1) is 17.4. The van der Waals surface area contributed by atoms with Crippen molar-refractivity contribution in [2.24, 2.45) is 5.41 Å². The van der Waals surface area contributed by atoms with Crippen molar-refractivity contribution in [1.29, 1.82) is 0 Å². The summed E-state index contributed by atoms with van der Waals surface area (Å²) in [5.74, 6) is -1.20. The summed E-state index contributed by atoms with van der Waals surface area (Å²) >= 11 is 0. The number of carbonyl (C=O) groups is 2. The topological polar surface area (TPSA) is 88.5 Å². The smallest absolute Gasteiger partial charge is 0.311 e. The molecule has 27 heavy (non-hydrogen) atoms. The Labute approximate surface area is 156 Å². The van der Waals surface area contributed by atoms with E-state index >= 15 is 0 Å². The fourth-order valence-electron chi connectivity index (χ4n) is 3.68. The molecule has 2 N–H and O–H groups in total. The van der Waals surface area contributed by atoms with Gasteiger partial charge in [0.2, 0.25) is 0 Å². The van der Waals surface area contributed by atoms with Crippen LogP contribution in [0.4, 0.5) is 0 Å². The largest absolute Gasteiger partial charge is 0.481 e. The number of benzene rings is 2. The van der Waals surface area contributed by atoms with Crippen molar-refractivity contribution in [2.75, 3.05) is 19.8 Å². The highest BCUT2D eigenvalue weighted by Gasteiger charge is 2.40. The molecule has 2 aromatic carbocycles. The maximum Gasteiger partial charge on any atom is 0.311 e. The number of fused-ring (bicyclic) bond motifs is 3. The zero-order valence-corrected chi connectivity index (χ0v) is 14.8. The van der Waals surface area contributed by atoms with Gasteiger partial charge in [0.15, 0.2) is 0 Å². The molecule has 0 radical (unpaired) electrons. The van der Waals surface area contributed by atoms with E-state index in [2.05, 4.69) is 10.3 Å². The van der Waals surface area contributed by atoms with Gasteiger partial charge < -0.3 is 15.2 Å². The van der Waals surface area contributed by atoms with Gasteiger partial charge in [-0.2, -0.15) is 0 Å². The second-order valence-corrected chi connectivity index (χ2v) is 6.93. The summed E-state index contributed by atoms with van der Waals surface area (Å²) in [4.78, 5) is 29.1. The quantitative estimate of drug-likeness (QED) is 0.695. The number of aliphatic carboxylic acids is 1. The van der Waals surface area contributed by atoms with Crippen molar-refractivity contribution in [2.45, 2.75) is 12.8 Å². The number of hydrogen-bond acceptors (Lipinski definition) is 4. The van der Waals surface area contributed by atoms with Crippen LogP contribution in [0.3, 0.4) is 0 Å². The first-order chi connectivity index (χ1) is 13.1. The molecule has 1 fully saturated rings.